The van der Waals surface area contributed by atoms with Crippen molar-refractivity contribution < 1.29 is 4.74 Å². The van der Waals surface area contributed by atoms with E-state index in [0.29, 0.717) is 6.04 Å². The van der Waals surface area contributed by atoms with Crippen LogP contribution < -0.4 is 4.74 Å². The zero-order valence-corrected chi connectivity index (χ0v) is 11.7. The molecular formula is C16H23NO. The molecule has 0 N–H and O–H groups in total. The fourth-order valence-electron chi connectivity index (χ4n) is 3.40. The minimum atomic E-state index is 0.239. The van der Waals surface area contributed by atoms with E-state index in [4.69, 9.17) is 4.74 Å². The van der Waals surface area contributed by atoms with Crippen molar-refractivity contribution in [2.75, 3.05) is 13.2 Å². The molecule has 98 valence electrons. The number of para-hydroxylation sites is 1. The van der Waals surface area contributed by atoms with Crippen LogP contribution in [-0.2, 0) is 6.42 Å². The number of nitrogens with zero attached hydrogens (tertiary/aromatic N) is 1. The third-order valence-corrected chi connectivity index (χ3v) is 4.22. The second-order valence-electron chi connectivity index (χ2n) is 6.46. The van der Waals surface area contributed by atoms with E-state index >= 15 is 0 Å². The lowest BCUT2D eigenvalue weighted by molar-refractivity contribution is 0.120. The molecule has 18 heavy (non-hydrogen) atoms. The van der Waals surface area contributed by atoms with Crippen LogP contribution in [0.25, 0.3) is 0 Å². The predicted octanol–water partition coefficient (Wildman–Crippen LogP) is 3.56. The molecular weight excluding hydrogens is 222 g/mol. The second-order valence-corrected chi connectivity index (χ2v) is 6.46. The van der Waals surface area contributed by atoms with Gasteiger partial charge in [-0.1, -0.05) is 18.2 Å². The minimum absolute atomic E-state index is 0.239. The summed E-state index contributed by atoms with van der Waals surface area (Å²) in [7, 11) is 0. The van der Waals surface area contributed by atoms with Gasteiger partial charge in [-0.3, -0.25) is 4.90 Å². The molecule has 0 amide bonds. The van der Waals surface area contributed by atoms with Gasteiger partial charge >= 0.3 is 0 Å². The molecule has 1 unspecified atom stereocenters. The zero-order chi connectivity index (χ0) is 12.8. The quantitative estimate of drug-likeness (QED) is 0.750. The highest BCUT2D eigenvalue weighted by atomic mass is 16.5. The molecule has 2 nitrogen and oxygen atoms in total. The van der Waals surface area contributed by atoms with Gasteiger partial charge in [-0.2, -0.15) is 0 Å². The largest absolute Gasteiger partial charge is 0.493 e. The van der Waals surface area contributed by atoms with Crippen molar-refractivity contribution in [3.63, 3.8) is 0 Å². The first-order valence-electron chi connectivity index (χ1n) is 7.09. The van der Waals surface area contributed by atoms with Gasteiger partial charge in [0.15, 0.2) is 0 Å². The molecule has 1 saturated heterocycles. The highest BCUT2D eigenvalue weighted by Gasteiger charge is 2.36. The Morgan fingerprint density at radius 1 is 1.28 bits per heavy atom. The maximum Gasteiger partial charge on any atom is 0.127 e. The Hall–Kier alpha value is -1.02. The number of hydrogen-bond donors (Lipinski definition) is 0. The summed E-state index contributed by atoms with van der Waals surface area (Å²) in [6.45, 7) is 9.01. The molecule has 0 spiro atoms. The summed E-state index contributed by atoms with van der Waals surface area (Å²) in [5.74, 6) is 1.18. The molecule has 0 aliphatic carbocycles. The number of fused-ring (bicyclic) bond motifs is 1. The highest BCUT2D eigenvalue weighted by molar-refractivity contribution is 5.46. The second kappa shape index (κ2) is 4.27. The topological polar surface area (TPSA) is 12.5 Å². The van der Waals surface area contributed by atoms with E-state index in [0.717, 1.165) is 13.0 Å². The van der Waals surface area contributed by atoms with Crippen molar-refractivity contribution in [2.45, 2.75) is 51.6 Å². The van der Waals surface area contributed by atoms with E-state index in [-0.39, 0.29) is 5.54 Å². The van der Waals surface area contributed by atoms with E-state index in [1.807, 2.05) is 0 Å². The van der Waals surface area contributed by atoms with Crippen LogP contribution >= 0.6 is 0 Å². The molecule has 2 heterocycles. The van der Waals surface area contributed by atoms with Crippen LogP contribution in [0.15, 0.2) is 18.2 Å². The molecule has 1 atom stereocenters. The molecule has 1 fully saturated rings. The van der Waals surface area contributed by atoms with Crippen molar-refractivity contribution in [3.05, 3.63) is 29.3 Å². The Morgan fingerprint density at radius 3 is 2.89 bits per heavy atom. The van der Waals surface area contributed by atoms with Gasteiger partial charge in [0, 0.05) is 23.6 Å². The van der Waals surface area contributed by atoms with Gasteiger partial charge in [-0.25, -0.2) is 0 Å². The van der Waals surface area contributed by atoms with Crippen LogP contribution in [0.4, 0.5) is 0 Å². The molecule has 0 aromatic heterocycles. The predicted molar refractivity (Wildman–Crippen MR) is 74.1 cm³/mol. The van der Waals surface area contributed by atoms with E-state index in [1.54, 1.807) is 0 Å². The SMILES string of the molecule is CC(C)(C)N1CCCC1c1cccc2c1OCC2. The fraction of sp³-hybridized carbons (Fsp3) is 0.625. The molecule has 3 rings (SSSR count). The maximum absolute atomic E-state index is 5.88. The summed E-state index contributed by atoms with van der Waals surface area (Å²) in [6.07, 6.45) is 3.63. The van der Waals surface area contributed by atoms with Crippen LogP contribution in [0.5, 0.6) is 5.75 Å². The molecule has 2 aliphatic heterocycles. The first kappa shape index (κ1) is 12.0. The Labute approximate surface area is 110 Å². The summed E-state index contributed by atoms with van der Waals surface area (Å²) in [4.78, 5) is 2.63. The van der Waals surface area contributed by atoms with Gasteiger partial charge in [-0.05, 0) is 45.7 Å². The number of benzene rings is 1. The molecule has 1 aromatic rings. The highest BCUT2D eigenvalue weighted by Crippen LogP contribution is 2.43. The zero-order valence-electron chi connectivity index (χ0n) is 11.7. The number of hydrogen-bond acceptors (Lipinski definition) is 2. The first-order chi connectivity index (χ1) is 8.57. The van der Waals surface area contributed by atoms with Crippen molar-refractivity contribution in [1.29, 1.82) is 0 Å². The Morgan fingerprint density at radius 2 is 2.11 bits per heavy atom. The standard InChI is InChI=1S/C16H23NO/c1-16(2,3)17-10-5-8-14(17)13-7-4-6-12-9-11-18-15(12)13/h4,6-7,14H,5,8-11H2,1-3H3. The molecule has 0 radical (unpaired) electrons. The normalized spacial score (nSPS) is 24.1. The fourth-order valence-corrected chi connectivity index (χ4v) is 3.40. The van der Waals surface area contributed by atoms with Crippen LogP contribution in [-0.4, -0.2) is 23.6 Å². The minimum Gasteiger partial charge on any atom is -0.493 e. The van der Waals surface area contributed by atoms with Gasteiger partial charge in [0.1, 0.15) is 5.75 Å². The van der Waals surface area contributed by atoms with E-state index in [2.05, 4.69) is 43.9 Å². The van der Waals surface area contributed by atoms with Crippen LogP contribution in [0, 0.1) is 0 Å². The van der Waals surface area contributed by atoms with Gasteiger partial charge in [0.25, 0.3) is 0 Å². The van der Waals surface area contributed by atoms with Crippen molar-refractivity contribution in [1.82, 2.24) is 4.90 Å². The van der Waals surface area contributed by atoms with Crippen LogP contribution in [0.1, 0.15) is 50.8 Å². The summed E-state index contributed by atoms with van der Waals surface area (Å²) in [5, 5.41) is 0. The average molecular weight is 245 g/mol. The number of rotatable bonds is 1. The Kier molecular flexibility index (Phi) is 2.86. The maximum atomic E-state index is 5.88. The van der Waals surface area contributed by atoms with E-state index in [9.17, 15) is 0 Å². The smallest absolute Gasteiger partial charge is 0.127 e. The van der Waals surface area contributed by atoms with Crippen LogP contribution in [0.2, 0.25) is 0 Å². The summed E-state index contributed by atoms with van der Waals surface area (Å²) in [6, 6.07) is 7.21. The summed E-state index contributed by atoms with van der Waals surface area (Å²) >= 11 is 0. The number of ether oxygens (including phenoxy) is 1. The molecule has 2 heteroatoms. The van der Waals surface area contributed by atoms with E-state index in [1.165, 1.54) is 36.3 Å². The summed E-state index contributed by atoms with van der Waals surface area (Å²) < 4.78 is 5.88. The van der Waals surface area contributed by atoms with Gasteiger partial charge in [0.2, 0.25) is 0 Å². The van der Waals surface area contributed by atoms with Gasteiger partial charge in [-0.15, -0.1) is 0 Å². The monoisotopic (exact) mass is 245 g/mol. The third kappa shape index (κ3) is 1.93. The lowest BCUT2D eigenvalue weighted by Gasteiger charge is -2.37. The first-order valence-corrected chi connectivity index (χ1v) is 7.09. The lowest BCUT2D eigenvalue weighted by Crippen LogP contribution is -2.40. The molecule has 0 bridgehead atoms. The summed E-state index contributed by atoms with van der Waals surface area (Å²) in [5.41, 5.74) is 3.05. The van der Waals surface area contributed by atoms with Gasteiger partial charge < -0.3 is 4.74 Å². The van der Waals surface area contributed by atoms with Crippen LogP contribution in [0.3, 0.4) is 0 Å². The average Bonchev–Trinajstić information content (AvgIpc) is 2.96. The number of likely N-dealkylation sites (tertiary alicyclic amines) is 1. The Bertz CT molecular complexity index is 447. The lowest BCUT2D eigenvalue weighted by atomic mass is 9.97. The van der Waals surface area contributed by atoms with Crippen molar-refractivity contribution in [3.8, 4) is 5.75 Å². The third-order valence-electron chi connectivity index (χ3n) is 4.22. The molecule has 1 aromatic carbocycles. The van der Waals surface area contributed by atoms with E-state index < -0.39 is 0 Å². The van der Waals surface area contributed by atoms with Gasteiger partial charge in [0.05, 0.1) is 6.61 Å². The molecule has 0 saturated carbocycles. The molecule has 2 aliphatic rings. The Balaban J connectivity index is 1.98. The van der Waals surface area contributed by atoms with Crippen molar-refractivity contribution >= 4 is 0 Å². The van der Waals surface area contributed by atoms with Crippen molar-refractivity contribution in [2.24, 2.45) is 0 Å².